The number of carbonyl (C=O) groups excluding carboxylic acids is 2. The molecule has 0 aliphatic carbocycles. The van der Waals surface area contributed by atoms with Crippen LogP contribution in [0.5, 0.6) is 5.75 Å². The van der Waals surface area contributed by atoms with E-state index in [4.69, 9.17) is 9.15 Å². The minimum atomic E-state index is -0.615. The summed E-state index contributed by atoms with van der Waals surface area (Å²) in [5, 5.41) is 11.1. The van der Waals surface area contributed by atoms with Crippen molar-refractivity contribution in [3.63, 3.8) is 0 Å². The van der Waals surface area contributed by atoms with Gasteiger partial charge in [0.15, 0.2) is 0 Å². The van der Waals surface area contributed by atoms with Crippen molar-refractivity contribution in [2.75, 3.05) is 6.61 Å². The average molecular weight is 639 g/mol. The number of ketones is 1. The van der Waals surface area contributed by atoms with Crippen molar-refractivity contribution in [2.24, 2.45) is 0 Å². The standard InChI is InChI=1S/C22H34O2.C19H16O4/c1-3-5-6-7-8-9-10-11-12-13-14-15-16-17-18-19-20-21-22(23)24-4-2;1-12(20)11-15(13-7-3-2-4-8-13)17-18(21)14-9-5-6-10-16(14)23-19(17)22/h5-6,8-9,11-12,14-15,17-18H,3-4,7,10,13,16,19-21H2,1-2H3;2-10,15,21H,11H2,1H3/b6-5-,9-8-,12-11-,15-14-,18-17-;. The molecule has 0 aliphatic rings. The van der Waals surface area contributed by atoms with E-state index in [9.17, 15) is 19.5 Å². The Labute approximate surface area is 279 Å². The molecule has 6 heteroatoms. The van der Waals surface area contributed by atoms with Crippen LogP contribution in [0.15, 0.2) is 125 Å². The third-order valence-electron chi connectivity index (χ3n) is 7.08. The summed E-state index contributed by atoms with van der Waals surface area (Å²) in [4.78, 5) is 35.2. The number of Topliss-reactive ketones (excluding diaryl/α,β-unsaturated/α-hetero) is 1. The van der Waals surface area contributed by atoms with Crippen LogP contribution in [0.2, 0.25) is 0 Å². The van der Waals surface area contributed by atoms with Crippen LogP contribution in [0, 0.1) is 0 Å². The average Bonchev–Trinajstić information content (AvgIpc) is 3.06. The molecule has 0 aliphatic heterocycles. The molecule has 3 aromatic rings. The molecule has 3 rings (SSSR count). The van der Waals surface area contributed by atoms with Crippen LogP contribution in [0.25, 0.3) is 11.0 Å². The highest BCUT2D eigenvalue weighted by atomic mass is 16.5. The minimum Gasteiger partial charge on any atom is -0.507 e. The smallest absolute Gasteiger partial charge is 0.343 e. The van der Waals surface area contributed by atoms with Crippen LogP contribution >= 0.6 is 0 Å². The molecule has 1 heterocycles. The number of ether oxygens (including phenoxy) is 1. The molecule has 250 valence electrons. The predicted octanol–water partition coefficient (Wildman–Crippen LogP) is 10.1. The third-order valence-corrected chi connectivity index (χ3v) is 7.08. The zero-order valence-corrected chi connectivity index (χ0v) is 28.1. The Bertz CT molecular complexity index is 1560. The van der Waals surface area contributed by atoms with Crippen LogP contribution in [-0.4, -0.2) is 23.5 Å². The highest BCUT2D eigenvalue weighted by Gasteiger charge is 2.25. The van der Waals surface area contributed by atoms with Gasteiger partial charge in [-0.05, 0) is 76.5 Å². The molecular weight excluding hydrogens is 588 g/mol. The second-order valence-electron chi connectivity index (χ2n) is 10.9. The molecule has 1 unspecified atom stereocenters. The van der Waals surface area contributed by atoms with Gasteiger partial charge in [0.05, 0.1) is 17.6 Å². The number of hydrogen-bond acceptors (Lipinski definition) is 6. The van der Waals surface area contributed by atoms with Gasteiger partial charge in [-0.15, -0.1) is 0 Å². The summed E-state index contributed by atoms with van der Waals surface area (Å²) in [6.07, 6.45) is 29.4. The lowest BCUT2D eigenvalue weighted by Crippen LogP contribution is -2.16. The van der Waals surface area contributed by atoms with E-state index in [1.807, 2.05) is 37.3 Å². The van der Waals surface area contributed by atoms with Gasteiger partial charge in [0.2, 0.25) is 0 Å². The Balaban J connectivity index is 0.000000327. The highest BCUT2D eigenvalue weighted by Crippen LogP contribution is 2.36. The van der Waals surface area contributed by atoms with Gasteiger partial charge in [-0.1, -0.05) is 110 Å². The fourth-order valence-corrected chi connectivity index (χ4v) is 4.78. The van der Waals surface area contributed by atoms with E-state index in [0.29, 0.717) is 24.0 Å². The number of unbranched alkanes of at least 4 members (excludes halogenated alkanes) is 1. The van der Waals surface area contributed by atoms with Gasteiger partial charge in [-0.3, -0.25) is 9.59 Å². The topological polar surface area (TPSA) is 93.8 Å². The van der Waals surface area contributed by atoms with Crippen molar-refractivity contribution >= 4 is 22.7 Å². The first kappa shape index (κ1) is 38.5. The molecule has 1 atom stereocenters. The molecular formula is C41H50O6. The minimum absolute atomic E-state index is 0.0641. The number of aromatic hydroxyl groups is 1. The summed E-state index contributed by atoms with van der Waals surface area (Å²) in [7, 11) is 0. The zero-order valence-electron chi connectivity index (χ0n) is 28.1. The molecule has 2 aromatic carbocycles. The fourth-order valence-electron chi connectivity index (χ4n) is 4.78. The molecule has 47 heavy (non-hydrogen) atoms. The summed E-state index contributed by atoms with van der Waals surface area (Å²) in [6, 6.07) is 16.0. The number of hydrogen-bond donors (Lipinski definition) is 1. The maximum absolute atomic E-state index is 12.4. The van der Waals surface area contributed by atoms with Crippen LogP contribution in [0.3, 0.4) is 0 Å². The second-order valence-corrected chi connectivity index (χ2v) is 10.9. The van der Waals surface area contributed by atoms with E-state index in [1.165, 1.54) is 6.92 Å². The number of carbonyl (C=O) groups is 2. The van der Waals surface area contributed by atoms with Crippen LogP contribution in [0.4, 0.5) is 0 Å². The Hall–Kier alpha value is -4.71. The Kier molecular flexibility index (Phi) is 19.3. The number of esters is 1. The first-order valence-electron chi connectivity index (χ1n) is 16.6. The Morgan fingerprint density at radius 2 is 1.34 bits per heavy atom. The van der Waals surface area contributed by atoms with Gasteiger partial charge in [-0.2, -0.15) is 0 Å². The lowest BCUT2D eigenvalue weighted by molar-refractivity contribution is -0.143. The van der Waals surface area contributed by atoms with Crippen LogP contribution in [-0.2, 0) is 14.3 Å². The van der Waals surface area contributed by atoms with Crippen molar-refractivity contribution in [1.82, 2.24) is 0 Å². The van der Waals surface area contributed by atoms with Gasteiger partial charge in [0.25, 0.3) is 0 Å². The zero-order chi connectivity index (χ0) is 34.1. The number of rotatable bonds is 18. The molecule has 0 spiro atoms. The van der Waals surface area contributed by atoms with Crippen molar-refractivity contribution in [3.05, 3.63) is 137 Å². The van der Waals surface area contributed by atoms with E-state index in [0.717, 1.165) is 50.5 Å². The van der Waals surface area contributed by atoms with Crippen molar-refractivity contribution in [3.8, 4) is 5.75 Å². The first-order valence-corrected chi connectivity index (χ1v) is 16.6. The third kappa shape index (κ3) is 15.4. The van der Waals surface area contributed by atoms with Crippen LogP contribution in [0.1, 0.15) is 95.6 Å². The molecule has 0 fully saturated rings. The molecule has 0 radical (unpaired) electrons. The van der Waals surface area contributed by atoms with Crippen molar-refractivity contribution in [2.45, 2.75) is 84.5 Å². The van der Waals surface area contributed by atoms with E-state index in [2.05, 4.69) is 67.7 Å². The molecule has 0 bridgehead atoms. The molecule has 1 aromatic heterocycles. The lowest BCUT2D eigenvalue weighted by atomic mass is 9.87. The Morgan fingerprint density at radius 1 is 0.787 bits per heavy atom. The van der Waals surface area contributed by atoms with Gasteiger partial charge in [0, 0.05) is 18.8 Å². The summed E-state index contributed by atoms with van der Waals surface area (Å²) in [6.45, 7) is 5.93. The summed E-state index contributed by atoms with van der Waals surface area (Å²) in [5.74, 6) is -0.808. The summed E-state index contributed by atoms with van der Waals surface area (Å²) >= 11 is 0. The van der Waals surface area contributed by atoms with Crippen molar-refractivity contribution in [1.29, 1.82) is 0 Å². The largest absolute Gasteiger partial charge is 0.507 e. The number of fused-ring (bicyclic) bond motifs is 1. The van der Waals surface area contributed by atoms with E-state index in [1.54, 1.807) is 24.3 Å². The quantitative estimate of drug-likeness (QED) is 0.0645. The van der Waals surface area contributed by atoms with E-state index < -0.39 is 11.5 Å². The van der Waals surface area contributed by atoms with Gasteiger partial charge >= 0.3 is 11.6 Å². The van der Waals surface area contributed by atoms with E-state index in [-0.39, 0.29) is 29.5 Å². The Morgan fingerprint density at radius 3 is 1.91 bits per heavy atom. The van der Waals surface area contributed by atoms with Gasteiger partial charge in [0.1, 0.15) is 17.1 Å². The maximum atomic E-state index is 12.4. The summed E-state index contributed by atoms with van der Waals surface area (Å²) in [5.41, 5.74) is 0.635. The molecule has 6 nitrogen and oxygen atoms in total. The van der Waals surface area contributed by atoms with E-state index >= 15 is 0 Å². The number of benzene rings is 2. The lowest BCUT2D eigenvalue weighted by Gasteiger charge is -2.17. The molecule has 0 saturated carbocycles. The number of allylic oxidation sites excluding steroid dienone is 10. The highest BCUT2D eigenvalue weighted by molar-refractivity contribution is 5.85. The normalized spacial score (nSPS) is 12.4. The fraction of sp³-hybridized carbons (Fsp3) is 0.341. The molecule has 0 amide bonds. The second kappa shape index (κ2) is 23.6. The number of para-hydroxylation sites is 1. The van der Waals surface area contributed by atoms with Gasteiger partial charge in [-0.25, -0.2) is 4.79 Å². The molecule has 1 N–H and O–H groups in total. The predicted molar refractivity (Wildman–Crippen MR) is 193 cm³/mol. The van der Waals surface area contributed by atoms with Crippen molar-refractivity contribution < 1.29 is 23.8 Å². The van der Waals surface area contributed by atoms with Crippen LogP contribution < -0.4 is 5.63 Å². The van der Waals surface area contributed by atoms with Gasteiger partial charge < -0.3 is 14.3 Å². The first-order chi connectivity index (χ1) is 22.9. The maximum Gasteiger partial charge on any atom is 0.343 e. The monoisotopic (exact) mass is 638 g/mol. The SMILES string of the molecule is CC(=O)CC(c1ccccc1)c1c(O)c2ccccc2oc1=O.CC/C=C\C/C=C\C/C=C\C/C=C\C/C=C\CCCC(=O)OCC. The summed E-state index contributed by atoms with van der Waals surface area (Å²) < 4.78 is 10.2. The molecule has 0 saturated heterocycles.